The molecule has 2 rings (SSSR count). The Hall–Kier alpha value is -0.380. The predicted molar refractivity (Wildman–Crippen MR) is 81.1 cm³/mol. The second-order valence-corrected chi connectivity index (χ2v) is 6.36. The number of halogens is 1. The van der Waals surface area contributed by atoms with E-state index in [9.17, 15) is 0 Å². The molecule has 0 aliphatic carbocycles. The first-order chi connectivity index (χ1) is 8.65. The number of nitrogens with one attached hydrogen (secondary N) is 1. The van der Waals surface area contributed by atoms with E-state index < -0.39 is 0 Å². The van der Waals surface area contributed by atoms with Crippen molar-refractivity contribution >= 4 is 15.9 Å². The van der Waals surface area contributed by atoms with Crippen LogP contribution in [0.15, 0.2) is 28.7 Å². The van der Waals surface area contributed by atoms with Gasteiger partial charge in [0.1, 0.15) is 0 Å². The van der Waals surface area contributed by atoms with Gasteiger partial charge in [-0.2, -0.15) is 0 Å². The van der Waals surface area contributed by atoms with E-state index in [0.29, 0.717) is 12.0 Å². The van der Waals surface area contributed by atoms with E-state index >= 15 is 0 Å². The first-order valence-electron chi connectivity index (χ1n) is 6.82. The second-order valence-electron chi connectivity index (χ2n) is 5.44. The van der Waals surface area contributed by atoms with Crippen LogP contribution in [0.5, 0.6) is 0 Å². The van der Waals surface area contributed by atoms with Crippen LogP contribution in [0, 0.1) is 0 Å². The fourth-order valence-electron chi connectivity index (χ4n) is 2.49. The Kier molecular flexibility index (Phi) is 5.22. The van der Waals surface area contributed by atoms with Crippen LogP contribution in [0.2, 0.25) is 0 Å². The SMILES string of the molecule is C[C@H](CNC1CCN(C)CC1)c1cccc(Br)c1. The van der Waals surface area contributed by atoms with E-state index in [2.05, 4.69) is 64.4 Å². The molecule has 1 fully saturated rings. The Morgan fingerprint density at radius 2 is 2.11 bits per heavy atom. The lowest BCUT2D eigenvalue weighted by Gasteiger charge is -2.30. The molecule has 1 N–H and O–H groups in total. The van der Waals surface area contributed by atoms with Crippen molar-refractivity contribution in [2.24, 2.45) is 0 Å². The molecule has 0 aromatic heterocycles. The van der Waals surface area contributed by atoms with Crippen LogP contribution in [0.4, 0.5) is 0 Å². The molecule has 2 nitrogen and oxygen atoms in total. The molecule has 0 bridgehead atoms. The molecule has 100 valence electrons. The van der Waals surface area contributed by atoms with Gasteiger partial charge in [-0.05, 0) is 56.6 Å². The summed E-state index contributed by atoms with van der Waals surface area (Å²) < 4.78 is 1.17. The normalized spacial score (nSPS) is 19.9. The fourth-order valence-corrected chi connectivity index (χ4v) is 2.90. The van der Waals surface area contributed by atoms with Crippen molar-refractivity contribution in [3.8, 4) is 0 Å². The number of benzene rings is 1. The van der Waals surface area contributed by atoms with E-state index in [1.165, 1.54) is 36.0 Å². The summed E-state index contributed by atoms with van der Waals surface area (Å²) in [5.41, 5.74) is 1.41. The highest BCUT2D eigenvalue weighted by atomic mass is 79.9. The van der Waals surface area contributed by atoms with Crippen LogP contribution in [-0.4, -0.2) is 37.6 Å². The summed E-state index contributed by atoms with van der Waals surface area (Å²) in [6.45, 7) is 5.82. The van der Waals surface area contributed by atoms with Crippen LogP contribution in [-0.2, 0) is 0 Å². The smallest absolute Gasteiger partial charge is 0.0178 e. The molecule has 18 heavy (non-hydrogen) atoms. The van der Waals surface area contributed by atoms with Gasteiger partial charge in [-0.1, -0.05) is 35.0 Å². The number of likely N-dealkylation sites (tertiary alicyclic amines) is 1. The summed E-state index contributed by atoms with van der Waals surface area (Å²) in [5, 5.41) is 3.72. The Balaban J connectivity index is 1.79. The van der Waals surface area contributed by atoms with Crippen molar-refractivity contribution in [1.29, 1.82) is 0 Å². The largest absolute Gasteiger partial charge is 0.313 e. The lowest BCUT2D eigenvalue weighted by molar-refractivity contribution is 0.233. The van der Waals surface area contributed by atoms with Gasteiger partial charge in [-0.3, -0.25) is 0 Å². The molecule has 0 unspecified atom stereocenters. The van der Waals surface area contributed by atoms with E-state index in [1.807, 2.05) is 0 Å². The van der Waals surface area contributed by atoms with Crippen LogP contribution in [0.3, 0.4) is 0 Å². The Labute approximate surface area is 119 Å². The summed E-state index contributed by atoms with van der Waals surface area (Å²) in [6.07, 6.45) is 2.56. The zero-order valence-corrected chi connectivity index (χ0v) is 12.9. The minimum Gasteiger partial charge on any atom is -0.313 e. The van der Waals surface area contributed by atoms with Crippen molar-refractivity contribution in [2.45, 2.75) is 31.7 Å². The van der Waals surface area contributed by atoms with Gasteiger partial charge in [0.15, 0.2) is 0 Å². The first kappa shape index (κ1) is 14.0. The van der Waals surface area contributed by atoms with Crippen molar-refractivity contribution in [3.05, 3.63) is 34.3 Å². The topological polar surface area (TPSA) is 15.3 Å². The third-order valence-electron chi connectivity index (χ3n) is 3.85. The lowest BCUT2D eigenvalue weighted by atomic mass is 9.99. The zero-order chi connectivity index (χ0) is 13.0. The summed E-state index contributed by atoms with van der Waals surface area (Å²) in [4.78, 5) is 2.41. The first-order valence-corrected chi connectivity index (χ1v) is 7.62. The quantitative estimate of drug-likeness (QED) is 0.918. The Morgan fingerprint density at radius 3 is 2.78 bits per heavy atom. The van der Waals surface area contributed by atoms with Gasteiger partial charge in [0.25, 0.3) is 0 Å². The van der Waals surface area contributed by atoms with Crippen LogP contribution >= 0.6 is 15.9 Å². The van der Waals surface area contributed by atoms with Gasteiger partial charge < -0.3 is 10.2 Å². The molecule has 1 aliphatic heterocycles. The van der Waals surface area contributed by atoms with Gasteiger partial charge >= 0.3 is 0 Å². The maximum absolute atomic E-state index is 3.72. The van der Waals surface area contributed by atoms with Gasteiger partial charge in [0, 0.05) is 17.1 Å². The molecule has 0 radical (unpaired) electrons. The fraction of sp³-hybridized carbons (Fsp3) is 0.600. The van der Waals surface area contributed by atoms with E-state index in [-0.39, 0.29) is 0 Å². The average Bonchev–Trinajstić information content (AvgIpc) is 2.38. The summed E-state index contributed by atoms with van der Waals surface area (Å²) in [5.74, 6) is 0.571. The minimum atomic E-state index is 0.571. The zero-order valence-electron chi connectivity index (χ0n) is 11.3. The van der Waals surface area contributed by atoms with Crippen molar-refractivity contribution in [3.63, 3.8) is 0 Å². The number of hydrogen-bond acceptors (Lipinski definition) is 2. The highest BCUT2D eigenvalue weighted by molar-refractivity contribution is 9.10. The van der Waals surface area contributed by atoms with Crippen LogP contribution in [0.1, 0.15) is 31.2 Å². The van der Waals surface area contributed by atoms with Gasteiger partial charge in [-0.25, -0.2) is 0 Å². The number of piperidine rings is 1. The molecule has 1 atom stereocenters. The molecule has 1 aromatic carbocycles. The molecule has 1 saturated heterocycles. The maximum Gasteiger partial charge on any atom is 0.0178 e. The highest BCUT2D eigenvalue weighted by Crippen LogP contribution is 2.19. The highest BCUT2D eigenvalue weighted by Gasteiger charge is 2.16. The van der Waals surface area contributed by atoms with E-state index in [1.54, 1.807) is 0 Å². The van der Waals surface area contributed by atoms with Gasteiger partial charge in [0.2, 0.25) is 0 Å². The number of nitrogens with zero attached hydrogens (tertiary/aromatic N) is 1. The summed E-state index contributed by atoms with van der Waals surface area (Å²) >= 11 is 3.54. The summed E-state index contributed by atoms with van der Waals surface area (Å²) in [6, 6.07) is 9.34. The van der Waals surface area contributed by atoms with Crippen molar-refractivity contribution in [1.82, 2.24) is 10.2 Å². The molecular weight excluding hydrogens is 288 g/mol. The molecule has 0 amide bonds. The Morgan fingerprint density at radius 1 is 1.39 bits per heavy atom. The van der Waals surface area contributed by atoms with Gasteiger partial charge in [-0.15, -0.1) is 0 Å². The molecule has 1 aromatic rings. The molecule has 3 heteroatoms. The third kappa shape index (κ3) is 4.08. The minimum absolute atomic E-state index is 0.571. The van der Waals surface area contributed by atoms with Crippen LogP contribution < -0.4 is 5.32 Å². The standard InChI is InChI=1S/C15H23BrN2/c1-12(13-4-3-5-14(16)10-13)11-17-15-6-8-18(2)9-7-15/h3-5,10,12,15,17H,6-9,11H2,1-2H3/t12-/m1/s1. The Bertz CT molecular complexity index is 373. The van der Waals surface area contributed by atoms with Crippen LogP contribution in [0.25, 0.3) is 0 Å². The van der Waals surface area contributed by atoms with E-state index in [4.69, 9.17) is 0 Å². The van der Waals surface area contributed by atoms with E-state index in [0.717, 1.165) is 6.54 Å². The van der Waals surface area contributed by atoms with Gasteiger partial charge in [0.05, 0.1) is 0 Å². The molecular formula is C15H23BrN2. The molecule has 0 spiro atoms. The number of rotatable bonds is 4. The maximum atomic E-state index is 3.72. The molecule has 0 saturated carbocycles. The van der Waals surface area contributed by atoms with Crippen molar-refractivity contribution < 1.29 is 0 Å². The monoisotopic (exact) mass is 310 g/mol. The average molecular weight is 311 g/mol. The predicted octanol–water partition coefficient (Wildman–Crippen LogP) is 3.24. The number of hydrogen-bond donors (Lipinski definition) is 1. The second kappa shape index (κ2) is 6.69. The third-order valence-corrected chi connectivity index (χ3v) is 4.34. The summed E-state index contributed by atoms with van der Waals surface area (Å²) in [7, 11) is 2.21. The molecule has 1 heterocycles. The van der Waals surface area contributed by atoms with Crippen molar-refractivity contribution in [2.75, 3.05) is 26.7 Å². The lowest BCUT2D eigenvalue weighted by Crippen LogP contribution is -2.41. The molecule has 1 aliphatic rings.